The Bertz CT molecular complexity index is 313. The Morgan fingerprint density at radius 1 is 1.46 bits per heavy atom. The highest BCUT2D eigenvalue weighted by Gasteiger charge is 2.10. The van der Waals surface area contributed by atoms with Crippen molar-refractivity contribution in [3.63, 3.8) is 0 Å². The van der Waals surface area contributed by atoms with Gasteiger partial charge in [-0.25, -0.2) is 9.97 Å². The smallest absolute Gasteiger partial charge is 0.235 e. The molecule has 70 valence electrons. The highest BCUT2D eigenvalue weighted by molar-refractivity contribution is 9.09. The molecule has 0 atom stereocenters. The average molecular weight is 285 g/mol. The van der Waals surface area contributed by atoms with Gasteiger partial charge in [0.25, 0.3) is 0 Å². The second kappa shape index (κ2) is 4.74. The fraction of sp³-hybridized carbons (Fsp3) is 0.167. The van der Waals surface area contributed by atoms with Crippen LogP contribution < -0.4 is 5.32 Å². The first-order valence-electron chi connectivity index (χ1n) is 3.17. The van der Waals surface area contributed by atoms with E-state index in [1.807, 2.05) is 0 Å². The van der Waals surface area contributed by atoms with Gasteiger partial charge in [0, 0.05) is 0 Å². The number of hydrogen-bond acceptors (Lipinski definition) is 3. The number of alkyl halides is 1. The highest BCUT2D eigenvalue weighted by atomic mass is 79.9. The molecular weight excluding hydrogens is 281 g/mol. The van der Waals surface area contributed by atoms with Crippen molar-refractivity contribution in [1.82, 2.24) is 9.97 Å². The van der Waals surface area contributed by atoms with E-state index < -0.39 is 0 Å². The average Bonchev–Trinajstić information content (AvgIpc) is 2.11. The van der Waals surface area contributed by atoms with E-state index in [2.05, 4.69) is 31.2 Å². The predicted octanol–water partition coefficient (Wildman–Crippen LogP) is 2.12. The molecular formula is C6H4BrCl2N3O. The summed E-state index contributed by atoms with van der Waals surface area (Å²) in [5.74, 6) is -0.265. The van der Waals surface area contributed by atoms with Crippen LogP contribution in [0.1, 0.15) is 0 Å². The van der Waals surface area contributed by atoms with Crippen LogP contribution in [-0.4, -0.2) is 21.2 Å². The number of aromatic nitrogens is 2. The molecule has 0 aliphatic rings. The Kier molecular flexibility index (Phi) is 3.90. The third kappa shape index (κ3) is 2.79. The van der Waals surface area contributed by atoms with Crippen molar-refractivity contribution >= 4 is 50.7 Å². The molecule has 13 heavy (non-hydrogen) atoms. The van der Waals surface area contributed by atoms with Crippen LogP contribution in [0.25, 0.3) is 0 Å². The van der Waals surface area contributed by atoms with E-state index in [-0.39, 0.29) is 27.2 Å². The van der Waals surface area contributed by atoms with E-state index in [9.17, 15) is 4.79 Å². The summed E-state index contributed by atoms with van der Waals surface area (Å²) in [5.41, 5.74) is 0.232. The molecule has 4 nitrogen and oxygen atoms in total. The van der Waals surface area contributed by atoms with Crippen LogP contribution in [0.4, 0.5) is 5.69 Å². The van der Waals surface area contributed by atoms with Crippen LogP contribution in [0.15, 0.2) is 6.33 Å². The molecule has 0 aliphatic carbocycles. The first-order valence-corrected chi connectivity index (χ1v) is 5.04. The summed E-state index contributed by atoms with van der Waals surface area (Å²) in [4.78, 5) is 18.3. The number of carbonyl (C=O) groups is 1. The Morgan fingerprint density at radius 2 is 2.00 bits per heavy atom. The summed E-state index contributed by atoms with van der Waals surface area (Å²) in [6.45, 7) is 0. The van der Waals surface area contributed by atoms with Crippen LogP contribution in [0.5, 0.6) is 0 Å². The minimum Gasteiger partial charge on any atom is -0.320 e. The molecule has 0 spiro atoms. The van der Waals surface area contributed by atoms with Crippen LogP contribution in [0, 0.1) is 0 Å². The fourth-order valence-corrected chi connectivity index (χ4v) is 1.17. The zero-order valence-electron chi connectivity index (χ0n) is 6.22. The standard InChI is InChI=1S/C6H4BrCl2N3O/c7-1-3(13)12-4-5(8)10-2-11-6(4)9/h2H,1H2,(H,12,13). The molecule has 1 aromatic rings. The molecule has 0 unspecified atom stereocenters. The number of nitrogens with zero attached hydrogens (tertiary/aromatic N) is 2. The van der Waals surface area contributed by atoms with Gasteiger partial charge in [0.15, 0.2) is 10.3 Å². The van der Waals surface area contributed by atoms with E-state index in [1.165, 1.54) is 6.33 Å². The second-order valence-corrected chi connectivity index (χ2v) is 3.29. The normalized spacial score (nSPS) is 9.77. The van der Waals surface area contributed by atoms with Crippen LogP contribution in [0.3, 0.4) is 0 Å². The largest absolute Gasteiger partial charge is 0.320 e. The number of carbonyl (C=O) groups excluding carboxylic acids is 1. The summed E-state index contributed by atoms with van der Waals surface area (Å²) in [6.07, 6.45) is 1.22. The number of halogens is 3. The first-order chi connectivity index (χ1) is 6.15. The molecule has 1 N–H and O–H groups in total. The lowest BCUT2D eigenvalue weighted by Crippen LogP contribution is -2.13. The minimum absolute atomic E-state index is 0.120. The van der Waals surface area contributed by atoms with Gasteiger partial charge in [0.1, 0.15) is 12.0 Å². The van der Waals surface area contributed by atoms with Crippen LogP contribution in [-0.2, 0) is 4.79 Å². The lowest BCUT2D eigenvalue weighted by Gasteiger charge is -2.04. The number of rotatable bonds is 2. The summed E-state index contributed by atoms with van der Waals surface area (Å²) < 4.78 is 0. The van der Waals surface area contributed by atoms with Crippen molar-refractivity contribution in [2.75, 3.05) is 10.6 Å². The Morgan fingerprint density at radius 3 is 2.46 bits per heavy atom. The molecule has 7 heteroatoms. The SMILES string of the molecule is O=C(CBr)Nc1c(Cl)ncnc1Cl. The summed E-state index contributed by atoms with van der Waals surface area (Å²) >= 11 is 14.3. The molecule has 1 rings (SSSR count). The van der Waals surface area contributed by atoms with E-state index in [4.69, 9.17) is 23.2 Å². The van der Waals surface area contributed by atoms with Gasteiger partial charge in [-0.3, -0.25) is 4.79 Å². The quantitative estimate of drug-likeness (QED) is 0.669. The lowest BCUT2D eigenvalue weighted by molar-refractivity contribution is -0.113. The van der Waals surface area contributed by atoms with Gasteiger partial charge < -0.3 is 5.32 Å². The van der Waals surface area contributed by atoms with Gasteiger partial charge in [0.2, 0.25) is 5.91 Å². The van der Waals surface area contributed by atoms with Crippen molar-refractivity contribution in [2.45, 2.75) is 0 Å². The van der Waals surface area contributed by atoms with Crippen LogP contribution in [0.2, 0.25) is 10.3 Å². The monoisotopic (exact) mass is 283 g/mol. The molecule has 1 aromatic heterocycles. The zero-order valence-corrected chi connectivity index (χ0v) is 9.32. The number of amides is 1. The highest BCUT2D eigenvalue weighted by Crippen LogP contribution is 2.25. The third-order valence-electron chi connectivity index (χ3n) is 1.14. The molecule has 0 aliphatic heterocycles. The van der Waals surface area contributed by atoms with Crippen molar-refractivity contribution in [1.29, 1.82) is 0 Å². The van der Waals surface area contributed by atoms with Crippen molar-refractivity contribution in [2.24, 2.45) is 0 Å². The number of nitrogens with one attached hydrogen (secondary N) is 1. The van der Waals surface area contributed by atoms with Crippen molar-refractivity contribution in [3.8, 4) is 0 Å². The summed E-state index contributed by atoms with van der Waals surface area (Å²) in [6, 6.07) is 0. The Hall–Kier alpha value is -0.390. The van der Waals surface area contributed by atoms with Crippen molar-refractivity contribution < 1.29 is 4.79 Å². The lowest BCUT2D eigenvalue weighted by atomic mass is 10.5. The second-order valence-electron chi connectivity index (χ2n) is 2.01. The minimum atomic E-state index is -0.265. The maximum Gasteiger partial charge on any atom is 0.235 e. The van der Waals surface area contributed by atoms with E-state index in [1.54, 1.807) is 0 Å². The molecule has 0 fully saturated rings. The van der Waals surface area contributed by atoms with Crippen LogP contribution >= 0.6 is 39.1 Å². The molecule has 0 bridgehead atoms. The van der Waals surface area contributed by atoms with E-state index >= 15 is 0 Å². The Labute approximate surface area is 92.8 Å². The summed E-state index contributed by atoms with van der Waals surface area (Å²) in [7, 11) is 0. The Balaban J connectivity index is 2.93. The van der Waals surface area contributed by atoms with E-state index in [0.29, 0.717) is 0 Å². The summed E-state index contributed by atoms with van der Waals surface area (Å²) in [5, 5.41) is 2.85. The van der Waals surface area contributed by atoms with E-state index in [0.717, 1.165) is 0 Å². The van der Waals surface area contributed by atoms with Gasteiger partial charge in [-0.2, -0.15) is 0 Å². The zero-order chi connectivity index (χ0) is 9.84. The van der Waals surface area contributed by atoms with Gasteiger partial charge in [-0.1, -0.05) is 39.1 Å². The van der Waals surface area contributed by atoms with Gasteiger partial charge in [-0.15, -0.1) is 0 Å². The fourth-order valence-electron chi connectivity index (χ4n) is 0.620. The third-order valence-corrected chi connectivity index (χ3v) is 2.22. The maximum atomic E-state index is 11.0. The number of anilines is 1. The van der Waals surface area contributed by atoms with Gasteiger partial charge in [0.05, 0.1) is 5.33 Å². The molecule has 1 amide bonds. The topological polar surface area (TPSA) is 54.9 Å². The first kappa shape index (κ1) is 10.7. The predicted molar refractivity (Wildman–Crippen MR) is 54.5 cm³/mol. The van der Waals surface area contributed by atoms with Crippen molar-refractivity contribution in [3.05, 3.63) is 16.6 Å². The molecule has 0 saturated carbocycles. The van der Waals surface area contributed by atoms with Gasteiger partial charge in [-0.05, 0) is 0 Å². The molecule has 1 heterocycles. The molecule has 0 saturated heterocycles. The van der Waals surface area contributed by atoms with Gasteiger partial charge >= 0.3 is 0 Å². The molecule has 0 aromatic carbocycles. The number of hydrogen-bond donors (Lipinski definition) is 1. The maximum absolute atomic E-state index is 11.0. The molecule has 0 radical (unpaired) electrons.